The van der Waals surface area contributed by atoms with Gasteiger partial charge >= 0.3 is 5.91 Å². The summed E-state index contributed by atoms with van der Waals surface area (Å²) in [6, 6.07) is 0. The number of H-pyrrole nitrogens is 1. The number of hydrogen-bond acceptors (Lipinski definition) is 6. The standard InChI is InChI=1S/C20H26N6O2/c1-5-25(6-2)10-7-15-13(3)17(23-14(15)4)11-16-19(24-26(28)20(16)27)18-12-21-8-9-22-18/h8-9,11-12,23,26H,5-7,10H2,1-4H3/b16-11+. The molecule has 148 valence electrons. The Labute approximate surface area is 164 Å². The molecule has 8 heteroatoms. The minimum absolute atomic E-state index is 0.255. The van der Waals surface area contributed by atoms with Crippen LogP contribution in [0.5, 0.6) is 0 Å². The molecular weight excluding hydrogens is 356 g/mol. The Kier molecular flexibility index (Phi) is 6.13. The molecule has 1 amide bonds. The average molecular weight is 382 g/mol. The number of carbonyl (C=O) groups is 1. The Morgan fingerprint density at radius 3 is 2.64 bits per heavy atom. The van der Waals surface area contributed by atoms with Gasteiger partial charge < -0.3 is 15.1 Å². The quantitative estimate of drug-likeness (QED) is 0.550. The number of rotatable bonds is 7. The summed E-state index contributed by atoms with van der Waals surface area (Å²) in [5.74, 6) is -0.614. The average Bonchev–Trinajstić information content (AvgIpc) is 3.14. The van der Waals surface area contributed by atoms with Crippen LogP contribution in [0.15, 0.2) is 29.3 Å². The molecule has 28 heavy (non-hydrogen) atoms. The van der Waals surface area contributed by atoms with Gasteiger partial charge in [-0.2, -0.15) is 5.17 Å². The molecule has 8 nitrogen and oxygen atoms in total. The first kappa shape index (κ1) is 20.1. The SMILES string of the molecule is CCN(CC)CCc1c(C)[nH]c(/C=C2/C(=O)[NH+]([O-])N=C2c2cnccn2)c1C. The van der Waals surface area contributed by atoms with Crippen molar-refractivity contribution in [3.63, 3.8) is 0 Å². The van der Waals surface area contributed by atoms with Gasteiger partial charge in [-0.15, -0.1) is 0 Å². The molecule has 0 saturated heterocycles. The van der Waals surface area contributed by atoms with E-state index >= 15 is 0 Å². The van der Waals surface area contributed by atoms with Gasteiger partial charge in [0.15, 0.2) is 5.71 Å². The van der Waals surface area contributed by atoms with E-state index in [2.05, 4.69) is 38.8 Å². The van der Waals surface area contributed by atoms with Crippen LogP contribution >= 0.6 is 0 Å². The summed E-state index contributed by atoms with van der Waals surface area (Å²) < 4.78 is 0. The fourth-order valence-electron chi connectivity index (χ4n) is 3.47. The van der Waals surface area contributed by atoms with Crippen LogP contribution in [0.1, 0.15) is 42.1 Å². The highest BCUT2D eigenvalue weighted by molar-refractivity contribution is 6.29. The zero-order chi connectivity index (χ0) is 20.3. The fourth-order valence-corrected chi connectivity index (χ4v) is 3.47. The second kappa shape index (κ2) is 8.55. The maximum atomic E-state index is 12.4. The van der Waals surface area contributed by atoms with E-state index in [1.165, 1.54) is 24.2 Å². The van der Waals surface area contributed by atoms with Crippen LogP contribution in [0.4, 0.5) is 0 Å². The van der Waals surface area contributed by atoms with Crippen LogP contribution in [0, 0.1) is 19.1 Å². The number of amides is 1. The predicted octanol–water partition coefficient (Wildman–Crippen LogP) is 1.02. The van der Waals surface area contributed by atoms with Gasteiger partial charge in [-0.3, -0.25) is 9.97 Å². The lowest BCUT2D eigenvalue weighted by Crippen LogP contribution is -3.03. The Balaban J connectivity index is 1.93. The topological polar surface area (TPSA) is 102 Å². The summed E-state index contributed by atoms with van der Waals surface area (Å²) >= 11 is 0. The number of quaternary nitrogens is 1. The first-order chi connectivity index (χ1) is 13.5. The third-order valence-corrected chi connectivity index (χ3v) is 5.21. The number of hydrogen-bond donors (Lipinski definition) is 2. The van der Waals surface area contributed by atoms with E-state index in [4.69, 9.17) is 0 Å². The molecule has 3 rings (SSSR count). The molecular formula is C20H26N6O2. The molecule has 0 aliphatic carbocycles. The van der Waals surface area contributed by atoms with Gasteiger partial charge in [-0.05, 0) is 50.6 Å². The van der Waals surface area contributed by atoms with E-state index in [9.17, 15) is 10.0 Å². The number of aryl methyl sites for hydroxylation is 1. The third kappa shape index (κ3) is 3.94. The van der Waals surface area contributed by atoms with Gasteiger partial charge in [0.2, 0.25) is 0 Å². The zero-order valence-corrected chi connectivity index (χ0v) is 16.7. The molecule has 2 aromatic rings. The Bertz CT molecular complexity index is 912. The normalized spacial score (nSPS) is 18.4. The van der Waals surface area contributed by atoms with Gasteiger partial charge in [0.05, 0.1) is 6.20 Å². The van der Waals surface area contributed by atoms with Gasteiger partial charge in [0.25, 0.3) is 0 Å². The van der Waals surface area contributed by atoms with Crippen molar-refractivity contribution in [2.45, 2.75) is 34.1 Å². The van der Waals surface area contributed by atoms with Crippen LogP contribution in [-0.2, 0) is 11.2 Å². The van der Waals surface area contributed by atoms with E-state index in [0.29, 0.717) is 5.69 Å². The van der Waals surface area contributed by atoms with E-state index < -0.39 is 11.1 Å². The van der Waals surface area contributed by atoms with Gasteiger partial charge in [0, 0.05) is 30.3 Å². The monoisotopic (exact) mass is 382 g/mol. The van der Waals surface area contributed by atoms with Crippen molar-refractivity contribution in [2.24, 2.45) is 5.10 Å². The number of nitrogens with zero attached hydrogens (tertiary/aromatic N) is 4. The Morgan fingerprint density at radius 2 is 2.00 bits per heavy atom. The van der Waals surface area contributed by atoms with E-state index in [0.717, 1.165) is 43.0 Å². The number of aromatic amines is 1. The summed E-state index contributed by atoms with van der Waals surface area (Å²) in [5, 5.41) is 15.0. The maximum Gasteiger partial charge on any atom is 0.373 e. The second-order valence-electron chi connectivity index (χ2n) is 6.79. The summed E-state index contributed by atoms with van der Waals surface area (Å²) in [7, 11) is 0. The van der Waals surface area contributed by atoms with Crippen LogP contribution < -0.4 is 5.17 Å². The lowest BCUT2D eigenvalue weighted by atomic mass is 10.0. The minimum atomic E-state index is -0.769. The minimum Gasteiger partial charge on any atom is -0.598 e. The molecule has 2 aromatic heterocycles. The third-order valence-electron chi connectivity index (χ3n) is 5.21. The van der Waals surface area contributed by atoms with Gasteiger partial charge in [-0.1, -0.05) is 18.9 Å². The molecule has 0 fully saturated rings. The molecule has 1 unspecified atom stereocenters. The van der Waals surface area contributed by atoms with Crippen LogP contribution in [-0.4, -0.2) is 51.1 Å². The smallest absolute Gasteiger partial charge is 0.373 e. The molecule has 3 heterocycles. The van der Waals surface area contributed by atoms with Gasteiger partial charge in [0.1, 0.15) is 11.3 Å². The number of likely N-dealkylation sites (N-methyl/N-ethyl adjacent to an activating group) is 1. The van der Waals surface area contributed by atoms with Gasteiger partial charge in [-0.25, -0.2) is 4.79 Å². The largest absolute Gasteiger partial charge is 0.598 e. The summed E-state index contributed by atoms with van der Waals surface area (Å²) in [4.78, 5) is 26.3. The molecule has 0 saturated carbocycles. The number of carbonyl (C=O) groups excluding carboxylic acids is 1. The predicted molar refractivity (Wildman–Crippen MR) is 108 cm³/mol. The molecule has 0 bridgehead atoms. The van der Waals surface area contributed by atoms with Crippen molar-refractivity contribution < 1.29 is 9.97 Å². The van der Waals surface area contributed by atoms with Crippen LogP contribution in [0.3, 0.4) is 0 Å². The lowest BCUT2D eigenvalue weighted by Gasteiger charge is -2.17. The highest BCUT2D eigenvalue weighted by atomic mass is 16.5. The summed E-state index contributed by atoms with van der Waals surface area (Å²) in [6.07, 6.45) is 7.19. The van der Waals surface area contributed by atoms with E-state index in [-0.39, 0.29) is 11.3 Å². The van der Waals surface area contributed by atoms with Crippen LogP contribution in [0.25, 0.3) is 6.08 Å². The second-order valence-corrected chi connectivity index (χ2v) is 6.79. The number of nitrogens with one attached hydrogen (secondary N) is 2. The van der Waals surface area contributed by atoms with Crippen molar-refractivity contribution in [3.8, 4) is 0 Å². The van der Waals surface area contributed by atoms with Crippen molar-refractivity contribution >= 4 is 17.7 Å². The number of aromatic nitrogens is 3. The maximum absolute atomic E-state index is 12.4. The molecule has 2 N–H and O–H groups in total. The Hall–Kier alpha value is -2.68. The van der Waals surface area contributed by atoms with Crippen molar-refractivity contribution in [1.29, 1.82) is 0 Å². The van der Waals surface area contributed by atoms with E-state index in [1.54, 1.807) is 6.08 Å². The van der Waals surface area contributed by atoms with E-state index in [1.807, 2.05) is 13.8 Å². The van der Waals surface area contributed by atoms with Crippen LogP contribution in [0.2, 0.25) is 0 Å². The Morgan fingerprint density at radius 1 is 1.25 bits per heavy atom. The molecule has 1 aliphatic rings. The molecule has 1 atom stereocenters. The molecule has 0 spiro atoms. The summed E-state index contributed by atoms with van der Waals surface area (Å²) in [5.41, 5.74) is 5.17. The van der Waals surface area contributed by atoms with Crippen molar-refractivity contribution in [3.05, 3.63) is 57.6 Å². The van der Waals surface area contributed by atoms with Crippen molar-refractivity contribution in [1.82, 2.24) is 19.9 Å². The first-order valence-corrected chi connectivity index (χ1v) is 9.52. The lowest BCUT2D eigenvalue weighted by molar-refractivity contribution is -0.765. The zero-order valence-electron chi connectivity index (χ0n) is 16.7. The summed E-state index contributed by atoms with van der Waals surface area (Å²) in [6.45, 7) is 11.4. The van der Waals surface area contributed by atoms with Crippen molar-refractivity contribution in [2.75, 3.05) is 19.6 Å². The highest BCUT2D eigenvalue weighted by Gasteiger charge is 2.33. The number of hydroxylamine groups is 1. The molecule has 1 aliphatic heterocycles. The fraction of sp³-hybridized carbons (Fsp3) is 0.400. The first-order valence-electron chi connectivity index (χ1n) is 9.52. The molecule has 0 radical (unpaired) electrons. The molecule has 0 aromatic carbocycles. The highest BCUT2D eigenvalue weighted by Crippen LogP contribution is 2.22.